The fourth-order valence-corrected chi connectivity index (χ4v) is 2.86. The van der Waals surface area contributed by atoms with Gasteiger partial charge in [-0.05, 0) is 23.4 Å². The van der Waals surface area contributed by atoms with Crippen molar-refractivity contribution in [3.8, 4) is 0 Å². The van der Waals surface area contributed by atoms with Crippen molar-refractivity contribution in [3.63, 3.8) is 0 Å². The predicted molar refractivity (Wildman–Crippen MR) is 71.3 cm³/mol. The molecule has 92 valence electrons. The summed E-state index contributed by atoms with van der Waals surface area (Å²) in [5, 5.41) is 5.60. The van der Waals surface area contributed by atoms with E-state index in [-0.39, 0.29) is 5.91 Å². The van der Waals surface area contributed by atoms with Gasteiger partial charge in [0.1, 0.15) is 0 Å². The third-order valence-electron chi connectivity index (χ3n) is 2.75. The summed E-state index contributed by atoms with van der Waals surface area (Å²) < 4.78 is 0. The van der Waals surface area contributed by atoms with Gasteiger partial charge in [0.05, 0.1) is 6.54 Å². The molecule has 0 atom stereocenters. The largest absolute Gasteiger partial charge is 0.337 e. The van der Waals surface area contributed by atoms with Crippen LogP contribution < -0.4 is 5.32 Å². The smallest absolute Gasteiger partial charge is 0.236 e. The van der Waals surface area contributed by atoms with Gasteiger partial charge in [-0.15, -0.1) is 11.3 Å². The average Bonchev–Trinajstić information content (AvgIpc) is 2.75. The maximum atomic E-state index is 11.9. The molecule has 1 amide bonds. The van der Waals surface area contributed by atoms with Gasteiger partial charge in [0, 0.05) is 29.5 Å². The molecule has 1 aromatic rings. The fraction of sp³-hybridized carbons (Fsp3) is 0.417. The second-order valence-corrected chi connectivity index (χ2v) is 5.59. The Hall–Kier alpha value is -0.840. The quantitative estimate of drug-likeness (QED) is 0.907. The molecule has 17 heavy (non-hydrogen) atoms. The van der Waals surface area contributed by atoms with Crippen LogP contribution in [0.5, 0.6) is 0 Å². The molecule has 2 heterocycles. The van der Waals surface area contributed by atoms with Gasteiger partial charge in [0.15, 0.2) is 0 Å². The summed E-state index contributed by atoms with van der Waals surface area (Å²) in [6.07, 6.45) is 0.973. The minimum Gasteiger partial charge on any atom is -0.337 e. The maximum Gasteiger partial charge on any atom is 0.236 e. The zero-order chi connectivity index (χ0) is 12.3. The first kappa shape index (κ1) is 12.6. The first-order chi connectivity index (χ1) is 8.16. The first-order valence-electron chi connectivity index (χ1n) is 5.54. The van der Waals surface area contributed by atoms with Crippen molar-refractivity contribution in [3.05, 3.63) is 33.5 Å². The number of carbonyl (C=O) groups excluding carboxylic acids is 1. The molecule has 1 aliphatic heterocycles. The van der Waals surface area contributed by atoms with Crippen molar-refractivity contribution in [1.29, 1.82) is 0 Å². The van der Waals surface area contributed by atoms with Crippen molar-refractivity contribution in [2.75, 3.05) is 19.6 Å². The van der Waals surface area contributed by atoms with Crippen LogP contribution in [0.4, 0.5) is 0 Å². The second kappa shape index (κ2) is 5.67. The number of carbonyl (C=O) groups is 1. The van der Waals surface area contributed by atoms with E-state index in [1.807, 2.05) is 4.90 Å². The number of thiophene rings is 1. The topological polar surface area (TPSA) is 32.3 Å². The van der Waals surface area contributed by atoms with Crippen molar-refractivity contribution >= 4 is 28.8 Å². The van der Waals surface area contributed by atoms with Crippen LogP contribution in [0.2, 0.25) is 0 Å². The van der Waals surface area contributed by atoms with Gasteiger partial charge in [-0.1, -0.05) is 18.2 Å². The molecule has 0 aromatic carbocycles. The Labute approximate surface area is 110 Å². The van der Waals surface area contributed by atoms with Crippen molar-refractivity contribution in [2.24, 2.45) is 0 Å². The molecule has 1 N–H and O–H groups in total. The van der Waals surface area contributed by atoms with E-state index in [1.54, 1.807) is 11.3 Å². The number of nitrogens with one attached hydrogen (secondary N) is 1. The van der Waals surface area contributed by atoms with Crippen LogP contribution in [0.15, 0.2) is 23.1 Å². The molecule has 0 saturated carbocycles. The Kier molecular flexibility index (Phi) is 4.20. The molecule has 0 bridgehead atoms. The molecular formula is C12H15ClN2OS. The van der Waals surface area contributed by atoms with Crippen LogP contribution in [-0.4, -0.2) is 30.4 Å². The maximum absolute atomic E-state index is 11.9. The summed E-state index contributed by atoms with van der Waals surface area (Å²) in [4.78, 5) is 15.2. The molecule has 0 aliphatic carbocycles. The number of nitrogens with zero attached hydrogens (tertiary/aromatic N) is 1. The van der Waals surface area contributed by atoms with Gasteiger partial charge >= 0.3 is 0 Å². The molecule has 0 fully saturated rings. The zero-order valence-corrected chi connectivity index (χ0v) is 11.1. The fourth-order valence-electron chi connectivity index (χ4n) is 1.88. The summed E-state index contributed by atoms with van der Waals surface area (Å²) in [5.74, 6) is 0.125. The summed E-state index contributed by atoms with van der Waals surface area (Å²) in [6, 6.07) is 2.10. The Morgan fingerprint density at radius 2 is 2.41 bits per heavy atom. The number of fused-ring (bicyclic) bond motifs is 1. The highest BCUT2D eigenvalue weighted by Gasteiger charge is 2.20. The molecule has 0 radical (unpaired) electrons. The molecule has 3 nitrogen and oxygen atoms in total. The molecule has 0 unspecified atom stereocenters. The first-order valence-corrected chi connectivity index (χ1v) is 6.79. The van der Waals surface area contributed by atoms with E-state index < -0.39 is 0 Å². The highest BCUT2D eigenvalue weighted by Crippen LogP contribution is 2.23. The number of halogens is 1. The summed E-state index contributed by atoms with van der Waals surface area (Å²) in [6.45, 7) is 5.92. The molecule has 1 aromatic heterocycles. The predicted octanol–water partition coefficient (Wildman–Crippen LogP) is 1.97. The van der Waals surface area contributed by atoms with Gasteiger partial charge in [0.25, 0.3) is 0 Å². The Balaban J connectivity index is 1.84. The van der Waals surface area contributed by atoms with Crippen molar-refractivity contribution in [2.45, 2.75) is 13.0 Å². The third-order valence-corrected chi connectivity index (χ3v) is 3.91. The number of rotatable bonds is 4. The Morgan fingerprint density at radius 3 is 3.18 bits per heavy atom. The van der Waals surface area contributed by atoms with Crippen LogP contribution in [0.25, 0.3) is 0 Å². The summed E-state index contributed by atoms with van der Waals surface area (Å²) >= 11 is 7.40. The molecule has 5 heteroatoms. The SMILES string of the molecule is C=C(Cl)CNCC(=O)N1CCc2sccc2C1. The van der Waals surface area contributed by atoms with Crippen LogP contribution in [0.1, 0.15) is 10.4 Å². The lowest BCUT2D eigenvalue weighted by molar-refractivity contribution is -0.131. The number of hydrogen-bond acceptors (Lipinski definition) is 3. The average molecular weight is 271 g/mol. The van der Waals surface area contributed by atoms with Crippen LogP contribution in [0, 0.1) is 0 Å². The molecule has 2 rings (SSSR count). The number of hydrogen-bond donors (Lipinski definition) is 1. The van der Waals surface area contributed by atoms with E-state index >= 15 is 0 Å². The highest BCUT2D eigenvalue weighted by atomic mass is 35.5. The summed E-state index contributed by atoms with van der Waals surface area (Å²) in [7, 11) is 0. The van der Waals surface area contributed by atoms with E-state index in [0.29, 0.717) is 18.1 Å². The van der Waals surface area contributed by atoms with E-state index in [0.717, 1.165) is 19.5 Å². The van der Waals surface area contributed by atoms with Crippen molar-refractivity contribution in [1.82, 2.24) is 10.2 Å². The van der Waals surface area contributed by atoms with Crippen molar-refractivity contribution < 1.29 is 4.79 Å². The van der Waals surface area contributed by atoms with Gasteiger partial charge in [-0.2, -0.15) is 0 Å². The minimum atomic E-state index is 0.125. The molecule has 0 saturated heterocycles. The lowest BCUT2D eigenvalue weighted by Gasteiger charge is -2.27. The second-order valence-electron chi connectivity index (χ2n) is 4.06. The molecule has 1 aliphatic rings. The van der Waals surface area contributed by atoms with Crippen LogP contribution in [-0.2, 0) is 17.8 Å². The van der Waals surface area contributed by atoms with Crippen LogP contribution >= 0.6 is 22.9 Å². The lowest BCUT2D eigenvalue weighted by atomic mass is 10.1. The molecular weight excluding hydrogens is 256 g/mol. The van der Waals surface area contributed by atoms with Gasteiger partial charge < -0.3 is 10.2 Å². The monoisotopic (exact) mass is 270 g/mol. The van der Waals surface area contributed by atoms with Gasteiger partial charge in [-0.25, -0.2) is 0 Å². The highest BCUT2D eigenvalue weighted by molar-refractivity contribution is 7.10. The standard InChI is InChI=1S/C12H15ClN2OS/c1-9(13)6-14-7-12(16)15-4-2-11-10(8-15)3-5-17-11/h3,5,14H,1-2,4,6-8H2. The lowest BCUT2D eigenvalue weighted by Crippen LogP contribution is -2.41. The van der Waals surface area contributed by atoms with Crippen LogP contribution in [0.3, 0.4) is 0 Å². The summed E-state index contributed by atoms with van der Waals surface area (Å²) in [5.41, 5.74) is 1.29. The Morgan fingerprint density at radius 1 is 1.59 bits per heavy atom. The van der Waals surface area contributed by atoms with Gasteiger partial charge in [0.2, 0.25) is 5.91 Å². The Bertz CT molecular complexity index is 430. The molecule has 0 spiro atoms. The van der Waals surface area contributed by atoms with Gasteiger partial charge in [-0.3, -0.25) is 4.79 Å². The normalized spacial score (nSPS) is 14.5. The van der Waals surface area contributed by atoms with E-state index in [9.17, 15) is 4.79 Å². The van der Waals surface area contributed by atoms with E-state index in [1.165, 1.54) is 10.4 Å². The van der Waals surface area contributed by atoms with E-state index in [4.69, 9.17) is 11.6 Å². The minimum absolute atomic E-state index is 0.125. The third kappa shape index (κ3) is 3.31. The van der Waals surface area contributed by atoms with E-state index in [2.05, 4.69) is 23.3 Å². The number of amides is 1. The zero-order valence-electron chi connectivity index (χ0n) is 9.54.